The summed E-state index contributed by atoms with van der Waals surface area (Å²) < 4.78 is 5.68. The van der Waals surface area contributed by atoms with E-state index in [9.17, 15) is 9.59 Å². The molecular formula is C28H36O3. The van der Waals surface area contributed by atoms with Crippen molar-refractivity contribution in [2.45, 2.75) is 79.2 Å². The molecule has 0 radical (unpaired) electrons. The van der Waals surface area contributed by atoms with Crippen molar-refractivity contribution < 1.29 is 14.3 Å². The molecule has 0 N–H and O–H groups in total. The van der Waals surface area contributed by atoms with Crippen LogP contribution < -0.4 is 0 Å². The minimum atomic E-state index is -0.0832. The molecule has 7 atom stereocenters. The van der Waals surface area contributed by atoms with Crippen LogP contribution in [0.25, 0.3) is 0 Å². The number of allylic oxidation sites excluding steroid dienone is 7. The fourth-order valence-corrected chi connectivity index (χ4v) is 7.46. The molecule has 0 spiro atoms. The second-order valence-electron chi connectivity index (χ2n) is 11.3. The number of ether oxygens (including phenoxy) is 1. The van der Waals surface area contributed by atoms with E-state index in [1.165, 1.54) is 30.4 Å². The Kier molecular flexibility index (Phi) is 4.77. The lowest BCUT2D eigenvalue weighted by molar-refractivity contribution is -0.142. The summed E-state index contributed by atoms with van der Waals surface area (Å²) >= 11 is 0. The average molecular weight is 421 g/mol. The van der Waals surface area contributed by atoms with E-state index >= 15 is 0 Å². The molecule has 3 heteroatoms. The first-order valence-corrected chi connectivity index (χ1v) is 12.2. The van der Waals surface area contributed by atoms with Crippen LogP contribution in [-0.2, 0) is 14.3 Å². The highest BCUT2D eigenvalue weighted by Gasteiger charge is 2.53. The average Bonchev–Trinajstić information content (AvgIpc) is 3.20. The third-order valence-corrected chi connectivity index (χ3v) is 9.80. The van der Waals surface area contributed by atoms with Crippen molar-refractivity contribution in [2.24, 2.45) is 34.5 Å². The van der Waals surface area contributed by atoms with E-state index in [0.29, 0.717) is 18.3 Å². The highest BCUT2D eigenvalue weighted by atomic mass is 16.6. The van der Waals surface area contributed by atoms with Gasteiger partial charge in [-0.05, 0) is 85.0 Å². The Bertz CT molecular complexity index is 963. The molecule has 0 aromatic heterocycles. The minimum Gasteiger partial charge on any atom is -0.458 e. The number of cyclic esters (lactones) is 1. The van der Waals surface area contributed by atoms with Crippen molar-refractivity contribution in [1.82, 2.24) is 0 Å². The molecule has 4 aliphatic carbocycles. The van der Waals surface area contributed by atoms with Gasteiger partial charge in [0.25, 0.3) is 0 Å². The molecule has 3 nitrogen and oxygen atoms in total. The summed E-state index contributed by atoms with van der Waals surface area (Å²) in [5.74, 6) is 1.51. The first-order chi connectivity index (χ1) is 14.6. The largest absolute Gasteiger partial charge is 0.458 e. The van der Waals surface area contributed by atoms with Crippen molar-refractivity contribution in [3.63, 3.8) is 0 Å². The van der Waals surface area contributed by atoms with Crippen LogP contribution in [-0.4, -0.2) is 17.9 Å². The molecule has 1 saturated heterocycles. The fourth-order valence-electron chi connectivity index (χ4n) is 7.46. The predicted molar refractivity (Wildman–Crippen MR) is 122 cm³/mol. The van der Waals surface area contributed by atoms with Crippen molar-refractivity contribution in [2.75, 3.05) is 0 Å². The van der Waals surface area contributed by atoms with Crippen LogP contribution in [0.1, 0.15) is 73.1 Å². The normalized spacial score (nSPS) is 44.6. The molecule has 5 aliphatic rings. The van der Waals surface area contributed by atoms with Crippen LogP contribution in [0.4, 0.5) is 0 Å². The summed E-state index contributed by atoms with van der Waals surface area (Å²) in [4.78, 5) is 24.0. The Labute approximate surface area is 186 Å². The van der Waals surface area contributed by atoms with Crippen LogP contribution in [0.3, 0.4) is 0 Å². The topological polar surface area (TPSA) is 43.4 Å². The molecule has 31 heavy (non-hydrogen) atoms. The highest BCUT2D eigenvalue weighted by Crippen LogP contribution is 2.63. The Morgan fingerprint density at radius 1 is 1.06 bits per heavy atom. The summed E-state index contributed by atoms with van der Waals surface area (Å²) in [5, 5.41) is 0. The summed E-state index contributed by atoms with van der Waals surface area (Å²) in [7, 11) is 0. The fraction of sp³-hybridized carbons (Fsp3) is 0.643. The van der Waals surface area contributed by atoms with Crippen LogP contribution in [0, 0.1) is 34.5 Å². The Hall–Kier alpha value is -1.90. The molecule has 1 saturated carbocycles. The van der Waals surface area contributed by atoms with Gasteiger partial charge in [0.15, 0.2) is 5.78 Å². The SMILES string of the molecule is C/C(=C\[C@H]1OC(=O)[C@@H](C)[C@@H]1C)[C@H]1CCC2=C3C=CC4=CC(=O)CC[C@]4(C)[C@H]3CC[C@@]21C. The molecule has 0 bridgehead atoms. The van der Waals surface area contributed by atoms with Gasteiger partial charge in [-0.2, -0.15) is 0 Å². The van der Waals surface area contributed by atoms with E-state index in [4.69, 9.17) is 4.74 Å². The maximum absolute atomic E-state index is 12.0. The summed E-state index contributed by atoms with van der Waals surface area (Å²) in [6.07, 6.45) is 15.1. The van der Waals surface area contributed by atoms with Gasteiger partial charge in [-0.25, -0.2) is 0 Å². The predicted octanol–water partition coefficient (Wildman–Crippen LogP) is 6.12. The lowest BCUT2D eigenvalue weighted by Gasteiger charge is -2.50. The van der Waals surface area contributed by atoms with Gasteiger partial charge >= 0.3 is 5.97 Å². The monoisotopic (exact) mass is 420 g/mol. The Morgan fingerprint density at radius 3 is 2.55 bits per heavy atom. The van der Waals surface area contributed by atoms with Crippen molar-refractivity contribution in [3.05, 3.63) is 46.6 Å². The van der Waals surface area contributed by atoms with Gasteiger partial charge in [0, 0.05) is 12.3 Å². The molecule has 5 rings (SSSR count). The lowest BCUT2D eigenvalue weighted by Crippen LogP contribution is -2.41. The van der Waals surface area contributed by atoms with E-state index in [1.54, 1.807) is 11.1 Å². The van der Waals surface area contributed by atoms with Crippen molar-refractivity contribution >= 4 is 11.8 Å². The number of fused-ring (bicyclic) bond motifs is 4. The van der Waals surface area contributed by atoms with Crippen LogP contribution in [0.15, 0.2) is 46.6 Å². The second kappa shape index (κ2) is 7.05. The van der Waals surface area contributed by atoms with Crippen LogP contribution >= 0.6 is 0 Å². The minimum absolute atomic E-state index is 0.0147. The molecule has 1 heterocycles. The first kappa shape index (κ1) is 21.0. The summed E-state index contributed by atoms with van der Waals surface area (Å²) in [5.41, 5.74) is 6.16. The van der Waals surface area contributed by atoms with E-state index < -0.39 is 0 Å². The third-order valence-electron chi connectivity index (χ3n) is 9.80. The Balaban J connectivity index is 1.48. The number of ketones is 1. The van der Waals surface area contributed by atoms with Gasteiger partial charge in [0.2, 0.25) is 0 Å². The zero-order chi connectivity index (χ0) is 22.1. The van der Waals surface area contributed by atoms with Gasteiger partial charge < -0.3 is 4.74 Å². The van der Waals surface area contributed by atoms with Gasteiger partial charge in [0.1, 0.15) is 6.10 Å². The number of carbonyl (C=O) groups excluding carboxylic acids is 2. The van der Waals surface area contributed by atoms with Crippen LogP contribution in [0.2, 0.25) is 0 Å². The number of carbonyl (C=O) groups is 2. The van der Waals surface area contributed by atoms with Crippen LogP contribution in [0.5, 0.6) is 0 Å². The molecule has 0 aromatic rings. The zero-order valence-corrected chi connectivity index (χ0v) is 19.7. The van der Waals surface area contributed by atoms with E-state index in [1.807, 2.05) is 13.0 Å². The van der Waals surface area contributed by atoms with Crippen molar-refractivity contribution in [3.8, 4) is 0 Å². The highest BCUT2D eigenvalue weighted by molar-refractivity contribution is 5.92. The standard InChI is InChI=1S/C28H36O3/c1-16(14-25-17(2)18(3)26(30)31-25)22-8-9-23-21-7-6-19-15-20(29)10-12-27(19,4)24(21)11-13-28(22,23)5/h6-7,14-15,17-18,22,24-25H,8-13H2,1-5H3/b16-14+/t17-,18-,22+,24-,25+,27-,28+/m0/s1. The van der Waals surface area contributed by atoms with Gasteiger partial charge in [-0.15, -0.1) is 0 Å². The Morgan fingerprint density at radius 2 is 1.84 bits per heavy atom. The lowest BCUT2D eigenvalue weighted by atomic mass is 9.53. The van der Waals surface area contributed by atoms with Gasteiger partial charge in [-0.1, -0.05) is 51.0 Å². The molecule has 1 aliphatic heterocycles. The molecular weight excluding hydrogens is 384 g/mol. The number of esters is 1. The second-order valence-corrected chi connectivity index (χ2v) is 11.3. The quantitative estimate of drug-likeness (QED) is 0.399. The number of rotatable bonds is 2. The van der Waals surface area contributed by atoms with E-state index in [-0.39, 0.29) is 40.5 Å². The maximum atomic E-state index is 12.0. The molecule has 2 fully saturated rings. The first-order valence-electron chi connectivity index (χ1n) is 12.2. The number of hydrogen-bond acceptors (Lipinski definition) is 3. The van der Waals surface area contributed by atoms with Gasteiger partial charge in [-0.3, -0.25) is 9.59 Å². The molecule has 166 valence electrons. The summed E-state index contributed by atoms with van der Waals surface area (Å²) in [6.45, 7) is 11.2. The molecule has 0 amide bonds. The van der Waals surface area contributed by atoms with Crippen molar-refractivity contribution in [1.29, 1.82) is 0 Å². The maximum Gasteiger partial charge on any atom is 0.309 e. The van der Waals surface area contributed by atoms with E-state index in [0.717, 1.165) is 12.8 Å². The third kappa shape index (κ3) is 2.98. The number of hydrogen-bond donors (Lipinski definition) is 0. The van der Waals surface area contributed by atoms with Gasteiger partial charge in [0.05, 0.1) is 5.92 Å². The molecule has 0 aromatic carbocycles. The molecule has 0 unspecified atom stereocenters. The summed E-state index contributed by atoms with van der Waals surface area (Å²) in [6, 6.07) is 0. The smallest absolute Gasteiger partial charge is 0.309 e. The zero-order valence-electron chi connectivity index (χ0n) is 19.7. The van der Waals surface area contributed by atoms with E-state index in [2.05, 4.69) is 45.9 Å².